The molecule has 1 aromatic carbocycles. The lowest BCUT2D eigenvalue weighted by Gasteiger charge is -2.33. The van der Waals surface area contributed by atoms with Crippen LogP contribution in [0.15, 0.2) is 30.5 Å². The normalized spacial score (nSPS) is 18.8. The fourth-order valence-corrected chi connectivity index (χ4v) is 3.79. The highest BCUT2D eigenvalue weighted by Gasteiger charge is 2.41. The molecule has 2 fully saturated rings. The summed E-state index contributed by atoms with van der Waals surface area (Å²) in [6.45, 7) is 3.29. The minimum absolute atomic E-state index is 0.0366. The number of hydrogen-bond donors (Lipinski definition) is 1. The van der Waals surface area contributed by atoms with Crippen molar-refractivity contribution in [2.45, 2.75) is 45.3 Å². The first-order valence-electron chi connectivity index (χ1n) is 10.0. The number of benzene rings is 1. The number of aromatic nitrogens is 2. The predicted octanol–water partition coefficient (Wildman–Crippen LogP) is 4.30. The van der Waals surface area contributed by atoms with Crippen molar-refractivity contribution in [2.75, 3.05) is 18.4 Å². The average Bonchev–Trinajstić information content (AvgIpc) is 3.44. The molecule has 156 valence electrons. The zero-order valence-electron chi connectivity index (χ0n) is 16.4. The van der Waals surface area contributed by atoms with Gasteiger partial charge in [-0.15, -0.1) is 0 Å². The summed E-state index contributed by atoms with van der Waals surface area (Å²) in [4.78, 5) is 14.2. The first kappa shape index (κ1) is 19.9. The summed E-state index contributed by atoms with van der Waals surface area (Å²) in [5.41, 5.74) is 3.39. The van der Waals surface area contributed by atoms with E-state index in [0.717, 1.165) is 29.8 Å². The van der Waals surface area contributed by atoms with Gasteiger partial charge in [-0.1, -0.05) is 6.07 Å². The van der Waals surface area contributed by atoms with E-state index < -0.39 is 12.1 Å². The lowest BCUT2D eigenvalue weighted by atomic mass is 9.96. The summed E-state index contributed by atoms with van der Waals surface area (Å²) < 4.78 is 40.5. The molecule has 2 heterocycles. The number of hydrogen-bond acceptors (Lipinski definition) is 3. The van der Waals surface area contributed by atoms with Gasteiger partial charge in [-0.2, -0.15) is 18.3 Å². The van der Waals surface area contributed by atoms with E-state index in [1.54, 1.807) is 4.68 Å². The highest BCUT2D eigenvalue weighted by atomic mass is 19.4. The van der Waals surface area contributed by atoms with Crippen LogP contribution < -0.4 is 5.32 Å². The van der Waals surface area contributed by atoms with Crippen LogP contribution in [-0.4, -0.2) is 39.9 Å². The Morgan fingerprint density at radius 3 is 2.48 bits per heavy atom. The number of halogens is 3. The number of rotatable bonds is 5. The number of carbonyl (C=O) groups excluding carboxylic acids is 1. The molecule has 0 atom stereocenters. The topological polar surface area (TPSA) is 50.2 Å². The summed E-state index contributed by atoms with van der Waals surface area (Å²) in [6.07, 6.45) is -0.113. The number of aryl methyl sites for hydroxylation is 1. The SMILES string of the molecule is Cc1ccn(-c2cc(NC(=O)C3CC3)ccc2CN2CCC(C(F)(F)F)CC2)n1. The minimum Gasteiger partial charge on any atom is -0.326 e. The molecule has 0 unspecified atom stereocenters. The number of amides is 1. The van der Waals surface area contributed by atoms with Crippen molar-refractivity contribution in [2.24, 2.45) is 11.8 Å². The van der Waals surface area contributed by atoms with Crippen molar-refractivity contribution in [3.8, 4) is 5.69 Å². The van der Waals surface area contributed by atoms with Crippen LogP contribution in [0.2, 0.25) is 0 Å². The van der Waals surface area contributed by atoms with Gasteiger partial charge in [0.25, 0.3) is 0 Å². The Labute approximate surface area is 167 Å². The lowest BCUT2D eigenvalue weighted by Crippen LogP contribution is -2.38. The third-order valence-electron chi connectivity index (χ3n) is 5.71. The number of nitrogens with one attached hydrogen (secondary N) is 1. The maximum absolute atomic E-state index is 12.9. The Morgan fingerprint density at radius 1 is 1.17 bits per heavy atom. The largest absolute Gasteiger partial charge is 0.391 e. The zero-order chi connectivity index (χ0) is 20.6. The van der Waals surface area contributed by atoms with Gasteiger partial charge in [-0.3, -0.25) is 9.69 Å². The van der Waals surface area contributed by atoms with Crippen LogP contribution in [0.5, 0.6) is 0 Å². The van der Waals surface area contributed by atoms with Crippen molar-refractivity contribution in [3.05, 3.63) is 41.7 Å². The summed E-state index contributed by atoms with van der Waals surface area (Å²) in [6, 6.07) is 7.58. The molecule has 5 nitrogen and oxygen atoms in total. The Balaban J connectivity index is 1.52. The van der Waals surface area contributed by atoms with Crippen LogP contribution in [0.1, 0.15) is 36.9 Å². The fraction of sp³-hybridized carbons (Fsp3) is 0.524. The van der Waals surface area contributed by atoms with Crippen molar-refractivity contribution in [1.82, 2.24) is 14.7 Å². The van der Waals surface area contributed by atoms with Crippen LogP contribution >= 0.6 is 0 Å². The van der Waals surface area contributed by atoms with Crippen LogP contribution in [0.4, 0.5) is 18.9 Å². The van der Waals surface area contributed by atoms with E-state index >= 15 is 0 Å². The number of anilines is 1. The molecule has 1 saturated carbocycles. The minimum atomic E-state index is -4.11. The average molecular weight is 406 g/mol. The molecule has 8 heteroatoms. The van der Waals surface area contributed by atoms with Crippen LogP contribution in [0, 0.1) is 18.8 Å². The molecule has 1 amide bonds. The number of nitrogens with zero attached hydrogens (tertiary/aromatic N) is 3. The van der Waals surface area contributed by atoms with Gasteiger partial charge in [-0.05, 0) is 69.5 Å². The van der Waals surface area contributed by atoms with E-state index in [-0.39, 0.29) is 24.7 Å². The molecule has 0 spiro atoms. The second-order valence-electron chi connectivity index (χ2n) is 8.10. The molecule has 0 radical (unpaired) electrons. The number of carbonyl (C=O) groups is 1. The van der Waals surface area contributed by atoms with Gasteiger partial charge in [-0.25, -0.2) is 4.68 Å². The summed E-state index contributed by atoms with van der Waals surface area (Å²) in [7, 11) is 0. The van der Waals surface area contributed by atoms with E-state index in [9.17, 15) is 18.0 Å². The van der Waals surface area contributed by atoms with E-state index in [4.69, 9.17) is 0 Å². The van der Waals surface area contributed by atoms with Crippen molar-refractivity contribution in [3.63, 3.8) is 0 Å². The maximum Gasteiger partial charge on any atom is 0.391 e. The van der Waals surface area contributed by atoms with E-state index in [1.807, 2.05) is 37.4 Å². The van der Waals surface area contributed by atoms with Crippen LogP contribution in [0.3, 0.4) is 0 Å². The second kappa shape index (κ2) is 7.82. The highest BCUT2D eigenvalue weighted by Crippen LogP contribution is 2.35. The third kappa shape index (κ3) is 4.80. The molecule has 0 bridgehead atoms. The van der Waals surface area contributed by atoms with Gasteiger partial charge in [0.1, 0.15) is 0 Å². The maximum atomic E-state index is 12.9. The monoisotopic (exact) mass is 406 g/mol. The molecule has 1 aliphatic heterocycles. The molecule has 1 saturated heterocycles. The molecule has 4 rings (SSSR count). The molecule has 1 N–H and O–H groups in total. The standard InChI is InChI=1S/C21H25F3N4O/c1-14-6-11-28(26-14)19-12-18(25-20(29)15-2-3-15)5-4-16(19)13-27-9-7-17(8-10-27)21(22,23)24/h4-6,11-12,15,17H,2-3,7-10,13H2,1H3,(H,25,29). The number of piperidine rings is 1. The smallest absolute Gasteiger partial charge is 0.326 e. The Kier molecular flexibility index (Phi) is 5.38. The van der Waals surface area contributed by atoms with E-state index in [1.165, 1.54) is 0 Å². The predicted molar refractivity (Wildman–Crippen MR) is 104 cm³/mol. The quantitative estimate of drug-likeness (QED) is 0.805. The number of likely N-dealkylation sites (tertiary alicyclic amines) is 1. The van der Waals surface area contributed by atoms with Crippen molar-refractivity contribution >= 4 is 11.6 Å². The second-order valence-corrected chi connectivity index (χ2v) is 8.10. The van der Waals surface area contributed by atoms with E-state index in [0.29, 0.717) is 25.3 Å². The van der Waals surface area contributed by atoms with Crippen LogP contribution in [-0.2, 0) is 11.3 Å². The summed E-state index contributed by atoms with van der Waals surface area (Å²) in [5, 5.41) is 7.44. The molecule has 2 aromatic rings. The van der Waals surface area contributed by atoms with Gasteiger partial charge in [0.2, 0.25) is 5.91 Å². The third-order valence-corrected chi connectivity index (χ3v) is 5.71. The Morgan fingerprint density at radius 2 is 1.90 bits per heavy atom. The van der Waals surface area contributed by atoms with Crippen LogP contribution in [0.25, 0.3) is 5.69 Å². The lowest BCUT2D eigenvalue weighted by molar-refractivity contribution is -0.185. The van der Waals surface area contributed by atoms with Gasteiger partial charge in [0.15, 0.2) is 0 Å². The van der Waals surface area contributed by atoms with Crippen molar-refractivity contribution in [1.29, 1.82) is 0 Å². The van der Waals surface area contributed by atoms with Gasteiger partial charge in [0, 0.05) is 24.3 Å². The highest BCUT2D eigenvalue weighted by molar-refractivity contribution is 5.94. The molecule has 2 aliphatic rings. The summed E-state index contributed by atoms with van der Waals surface area (Å²) in [5.74, 6) is -1.05. The molecule has 1 aliphatic carbocycles. The number of alkyl halides is 3. The molecular formula is C21H25F3N4O. The van der Waals surface area contributed by atoms with Gasteiger partial charge >= 0.3 is 6.18 Å². The molecular weight excluding hydrogens is 381 g/mol. The van der Waals surface area contributed by atoms with Gasteiger partial charge in [0.05, 0.1) is 17.3 Å². The first-order valence-corrected chi connectivity index (χ1v) is 10.0. The van der Waals surface area contributed by atoms with E-state index in [2.05, 4.69) is 15.3 Å². The zero-order valence-corrected chi connectivity index (χ0v) is 16.4. The molecule has 1 aromatic heterocycles. The molecule has 29 heavy (non-hydrogen) atoms. The van der Waals surface area contributed by atoms with Crippen molar-refractivity contribution < 1.29 is 18.0 Å². The first-order chi connectivity index (χ1) is 13.8. The Hall–Kier alpha value is -2.35. The Bertz CT molecular complexity index is 880. The fourth-order valence-electron chi connectivity index (χ4n) is 3.79. The van der Waals surface area contributed by atoms with Gasteiger partial charge < -0.3 is 5.32 Å². The summed E-state index contributed by atoms with van der Waals surface area (Å²) >= 11 is 0.